The first-order valence-corrected chi connectivity index (χ1v) is 11.3. The van der Waals surface area contributed by atoms with Gasteiger partial charge in [-0.15, -0.1) is 0 Å². The number of hydrogen-bond acceptors (Lipinski definition) is 5. The number of nitrogens with one attached hydrogen (secondary N) is 2. The van der Waals surface area contributed by atoms with Crippen molar-refractivity contribution in [3.05, 3.63) is 24.3 Å². The number of carbonyl (C=O) groups excluding carboxylic acids is 4. The van der Waals surface area contributed by atoms with Crippen molar-refractivity contribution in [2.75, 3.05) is 32.1 Å². The predicted octanol–water partition coefficient (Wildman–Crippen LogP) is 2.62. The number of carbonyl (C=O) groups is 4. The quantitative estimate of drug-likeness (QED) is 0.611. The molecule has 0 bridgehead atoms. The van der Waals surface area contributed by atoms with Crippen molar-refractivity contribution in [1.82, 2.24) is 15.1 Å². The van der Waals surface area contributed by atoms with E-state index in [-0.39, 0.29) is 42.8 Å². The van der Waals surface area contributed by atoms with Crippen LogP contribution < -0.4 is 15.4 Å². The summed E-state index contributed by atoms with van der Waals surface area (Å²) in [6.45, 7) is 7.72. The molecule has 2 N–H and O–H groups in total. The van der Waals surface area contributed by atoms with Crippen molar-refractivity contribution >= 4 is 29.4 Å². The van der Waals surface area contributed by atoms with Crippen LogP contribution in [-0.4, -0.2) is 65.8 Å². The number of benzene rings is 1. The second-order valence-electron chi connectivity index (χ2n) is 9.94. The minimum atomic E-state index is -0.957. The summed E-state index contributed by atoms with van der Waals surface area (Å²) in [4.78, 5) is 53.6. The monoisotopic (exact) mass is 458 g/mol. The maximum Gasteiger partial charge on any atom is 0.325 e. The van der Waals surface area contributed by atoms with Gasteiger partial charge in [0.05, 0.1) is 13.7 Å². The Morgan fingerprint density at radius 1 is 1.21 bits per heavy atom. The van der Waals surface area contributed by atoms with Crippen molar-refractivity contribution < 1.29 is 23.9 Å². The first-order chi connectivity index (χ1) is 15.5. The Hall–Kier alpha value is -3.10. The zero-order chi connectivity index (χ0) is 24.4. The Bertz CT molecular complexity index is 929. The lowest BCUT2D eigenvalue weighted by Gasteiger charge is -2.43. The number of rotatable bonds is 7. The summed E-state index contributed by atoms with van der Waals surface area (Å²) in [6, 6.07) is 6.30. The van der Waals surface area contributed by atoms with Crippen LogP contribution >= 0.6 is 0 Å². The molecule has 2 aliphatic rings. The van der Waals surface area contributed by atoms with Crippen molar-refractivity contribution in [3.63, 3.8) is 0 Å². The van der Waals surface area contributed by atoms with E-state index in [0.717, 1.165) is 11.3 Å². The van der Waals surface area contributed by atoms with Crippen LogP contribution in [0.2, 0.25) is 0 Å². The summed E-state index contributed by atoms with van der Waals surface area (Å²) in [5.74, 6) is -0.222. The van der Waals surface area contributed by atoms with E-state index in [1.54, 1.807) is 38.3 Å². The highest BCUT2D eigenvalue weighted by atomic mass is 16.5. The third-order valence-electron chi connectivity index (χ3n) is 6.36. The van der Waals surface area contributed by atoms with E-state index in [1.807, 2.05) is 0 Å². The Kier molecular flexibility index (Phi) is 7.00. The Morgan fingerprint density at radius 3 is 2.45 bits per heavy atom. The number of amides is 5. The number of nitrogens with zero attached hydrogens (tertiary/aromatic N) is 2. The summed E-state index contributed by atoms with van der Waals surface area (Å²) in [7, 11) is 1.56. The molecule has 180 valence electrons. The third kappa shape index (κ3) is 5.46. The van der Waals surface area contributed by atoms with Crippen molar-refractivity contribution in [2.24, 2.45) is 11.3 Å². The number of likely N-dealkylation sites (N-methyl/N-ethyl adjacent to an activating group) is 1. The smallest absolute Gasteiger partial charge is 0.325 e. The summed E-state index contributed by atoms with van der Waals surface area (Å²) in [5.41, 5.74) is -0.467. The second kappa shape index (κ2) is 9.41. The van der Waals surface area contributed by atoms with Crippen LogP contribution in [0.15, 0.2) is 24.3 Å². The van der Waals surface area contributed by atoms with E-state index in [0.29, 0.717) is 24.3 Å². The van der Waals surface area contributed by atoms with E-state index < -0.39 is 17.5 Å². The number of urea groups is 1. The van der Waals surface area contributed by atoms with Gasteiger partial charge in [0.15, 0.2) is 0 Å². The van der Waals surface area contributed by atoms with E-state index in [4.69, 9.17) is 4.74 Å². The topological polar surface area (TPSA) is 108 Å². The van der Waals surface area contributed by atoms with Gasteiger partial charge in [0.25, 0.3) is 5.91 Å². The zero-order valence-electron chi connectivity index (χ0n) is 20.1. The summed E-state index contributed by atoms with van der Waals surface area (Å²) in [6.07, 6.45) is 2.08. The predicted molar refractivity (Wildman–Crippen MR) is 124 cm³/mol. The van der Waals surface area contributed by atoms with Gasteiger partial charge >= 0.3 is 6.03 Å². The molecule has 0 unspecified atom stereocenters. The van der Waals surface area contributed by atoms with Gasteiger partial charge in [-0.1, -0.05) is 20.8 Å². The Balaban J connectivity index is 1.63. The first-order valence-electron chi connectivity index (χ1n) is 11.3. The SMILES string of the molecule is CCN(CC(=O)Nc1ccc(OC)cc1)C(=O)CN1C(=O)N[C@]2(C[C@H](C)CC(C)(C)C2)C1=O. The largest absolute Gasteiger partial charge is 0.497 e. The van der Waals surface area contributed by atoms with Crippen LogP contribution in [0.5, 0.6) is 5.75 Å². The molecule has 1 aromatic rings. The van der Waals surface area contributed by atoms with E-state index in [1.165, 1.54) is 4.90 Å². The van der Waals surface area contributed by atoms with Crippen molar-refractivity contribution in [2.45, 2.75) is 52.5 Å². The van der Waals surface area contributed by atoms with Crippen LogP contribution in [0.25, 0.3) is 0 Å². The molecule has 0 radical (unpaired) electrons. The van der Waals surface area contributed by atoms with Gasteiger partial charge in [-0.2, -0.15) is 0 Å². The van der Waals surface area contributed by atoms with Crippen molar-refractivity contribution in [1.29, 1.82) is 0 Å². The molecule has 1 heterocycles. The van der Waals surface area contributed by atoms with E-state index >= 15 is 0 Å². The molecule has 2 fully saturated rings. The van der Waals surface area contributed by atoms with E-state index in [9.17, 15) is 19.2 Å². The van der Waals surface area contributed by atoms with Crippen molar-refractivity contribution in [3.8, 4) is 5.75 Å². The highest BCUT2D eigenvalue weighted by Gasteiger charge is 2.56. The lowest BCUT2D eigenvalue weighted by atomic mass is 9.64. The van der Waals surface area contributed by atoms with E-state index in [2.05, 4.69) is 31.4 Å². The minimum Gasteiger partial charge on any atom is -0.497 e. The van der Waals surface area contributed by atoms with Gasteiger partial charge < -0.3 is 20.3 Å². The Labute approximate surface area is 194 Å². The number of imide groups is 1. The maximum absolute atomic E-state index is 13.3. The van der Waals surface area contributed by atoms with Gasteiger partial charge in [0.2, 0.25) is 11.8 Å². The Morgan fingerprint density at radius 2 is 1.88 bits per heavy atom. The lowest BCUT2D eigenvalue weighted by molar-refractivity contribution is -0.141. The average Bonchev–Trinajstić information content (AvgIpc) is 2.94. The molecule has 2 atom stereocenters. The van der Waals surface area contributed by atoms with Gasteiger partial charge in [0.1, 0.15) is 17.8 Å². The lowest BCUT2D eigenvalue weighted by Crippen LogP contribution is -2.54. The standard InChI is InChI=1S/C24H34N4O5/c1-6-27(13-19(29)25-17-7-9-18(33-5)10-8-17)20(30)14-28-21(31)24(26-22(28)32)12-16(2)11-23(3,4)15-24/h7-10,16H,6,11-15H2,1-5H3,(H,25,29)(H,26,32)/t16-,24+/m1/s1. The van der Waals surface area contributed by atoms with Gasteiger partial charge in [-0.25, -0.2) is 4.79 Å². The second-order valence-corrected chi connectivity index (χ2v) is 9.94. The van der Waals surface area contributed by atoms with Crippen LogP contribution in [0.1, 0.15) is 47.0 Å². The molecule has 1 saturated carbocycles. The first kappa shape index (κ1) is 24.5. The molecule has 1 spiro atoms. The summed E-state index contributed by atoms with van der Waals surface area (Å²) < 4.78 is 5.10. The molecule has 1 aliphatic heterocycles. The molecule has 1 aromatic carbocycles. The fourth-order valence-corrected chi connectivity index (χ4v) is 5.31. The molecule has 5 amide bonds. The number of anilines is 1. The number of hydrogen-bond donors (Lipinski definition) is 2. The average molecular weight is 459 g/mol. The molecular weight excluding hydrogens is 424 g/mol. The summed E-state index contributed by atoms with van der Waals surface area (Å²) >= 11 is 0. The normalized spacial score (nSPS) is 23.9. The zero-order valence-corrected chi connectivity index (χ0v) is 20.1. The minimum absolute atomic E-state index is 0.0877. The fourth-order valence-electron chi connectivity index (χ4n) is 5.31. The van der Waals surface area contributed by atoms with Gasteiger partial charge in [-0.3, -0.25) is 19.3 Å². The maximum atomic E-state index is 13.3. The van der Waals surface area contributed by atoms with Crippen LogP contribution in [0, 0.1) is 11.3 Å². The molecular formula is C24H34N4O5. The molecule has 1 saturated heterocycles. The van der Waals surface area contributed by atoms with Crippen LogP contribution in [0.3, 0.4) is 0 Å². The number of ether oxygens (including phenoxy) is 1. The highest BCUT2D eigenvalue weighted by molar-refractivity contribution is 6.09. The van der Waals surface area contributed by atoms with Crippen LogP contribution in [0.4, 0.5) is 10.5 Å². The molecule has 9 nitrogen and oxygen atoms in total. The van der Waals surface area contributed by atoms with Gasteiger partial charge in [0, 0.05) is 12.2 Å². The summed E-state index contributed by atoms with van der Waals surface area (Å²) in [5, 5.41) is 5.61. The fraction of sp³-hybridized carbons (Fsp3) is 0.583. The number of methoxy groups -OCH3 is 1. The molecule has 0 aromatic heterocycles. The molecule has 33 heavy (non-hydrogen) atoms. The highest BCUT2D eigenvalue weighted by Crippen LogP contribution is 2.46. The third-order valence-corrected chi connectivity index (χ3v) is 6.36. The molecule has 3 rings (SSSR count). The molecule has 1 aliphatic carbocycles. The van der Waals surface area contributed by atoms with Gasteiger partial charge in [-0.05, 0) is 61.8 Å². The van der Waals surface area contributed by atoms with Crippen LogP contribution in [-0.2, 0) is 14.4 Å². The molecule has 9 heteroatoms.